The standard InChI is InChI=1S/C11H20N2O3S/c1-11(2,3)16-10(15)13-6-4-8(5-7-13)9(14)12-17/h8,17H,4-7H2,1-3H3,(H,12,14). The Labute approximate surface area is 107 Å². The van der Waals surface area contributed by atoms with E-state index in [-0.39, 0.29) is 17.9 Å². The molecule has 1 aliphatic rings. The second kappa shape index (κ2) is 5.62. The van der Waals surface area contributed by atoms with Gasteiger partial charge in [-0.15, -0.1) is 0 Å². The van der Waals surface area contributed by atoms with Crippen LogP contribution in [0.2, 0.25) is 0 Å². The molecular formula is C11H20N2O3S. The molecule has 0 saturated carbocycles. The van der Waals surface area contributed by atoms with Crippen LogP contribution in [0.3, 0.4) is 0 Å². The van der Waals surface area contributed by atoms with Crippen molar-refractivity contribution in [2.75, 3.05) is 13.1 Å². The minimum atomic E-state index is -0.476. The summed E-state index contributed by atoms with van der Waals surface area (Å²) < 4.78 is 7.61. The fourth-order valence-corrected chi connectivity index (χ4v) is 1.92. The van der Waals surface area contributed by atoms with Gasteiger partial charge in [0.2, 0.25) is 5.91 Å². The average molecular weight is 260 g/mol. The van der Waals surface area contributed by atoms with Crippen molar-refractivity contribution in [3.05, 3.63) is 0 Å². The summed E-state index contributed by atoms with van der Waals surface area (Å²) in [6.07, 6.45) is 1.01. The van der Waals surface area contributed by atoms with Gasteiger partial charge in [0, 0.05) is 19.0 Å². The van der Waals surface area contributed by atoms with Crippen LogP contribution in [-0.4, -0.2) is 35.6 Å². The van der Waals surface area contributed by atoms with Crippen molar-refractivity contribution in [2.45, 2.75) is 39.2 Å². The number of nitrogens with one attached hydrogen (secondary N) is 1. The summed E-state index contributed by atoms with van der Waals surface area (Å²) in [5.41, 5.74) is -0.476. The second-order valence-corrected chi connectivity index (χ2v) is 5.44. The maximum atomic E-state index is 11.7. The third kappa shape index (κ3) is 4.46. The molecular weight excluding hydrogens is 240 g/mol. The number of carbonyl (C=O) groups excluding carboxylic acids is 2. The van der Waals surface area contributed by atoms with Gasteiger partial charge in [0.1, 0.15) is 5.60 Å². The van der Waals surface area contributed by atoms with Gasteiger partial charge < -0.3 is 14.4 Å². The molecule has 1 fully saturated rings. The normalized spacial score (nSPS) is 17.8. The van der Waals surface area contributed by atoms with E-state index >= 15 is 0 Å². The molecule has 1 heterocycles. The molecule has 1 N–H and O–H groups in total. The Hall–Kier alpha value is -0.910. The lowest BCUT2D eigenvalue weighted by Crippen LogP contribution is -2.44. The first-order chi connectivity index (χ1) is 7.83. The van der Waals surface area contributed by atoms with Gasteiger partial charge in [-0.3, -0.25) is 4.79 Å². The Morgan fingerprint density at radius 2 is 1.82 bits per heavy atom. The zero-order valence-corrected chi connectivity index (χ0v) is 11.4. The van der Waals surface area contributed by atoms with Crippen LogP contribution in [0.5, 0.6) is 0 Å². The smallest absolute Gasteiger partial charge is 0.410 e. The molecule has 0 aromatic heterocycles. The second-order valence-electron chi connectivity index (χ2n) is 5.22. The highest BCUT2D eigenvalue weighted by atomic mass is 32.1. The van der Waals surface area contributed by atoms with E-state index in [1.54, 1.807) is 4.90 Å². The average Bonchev–Trinajstić information content (AvgIpc) is 2.26. The first-order valence-corrected chi connectivity index (χ1v) is 6.20. The molecule has 5 nitrogen and oxygen atoms in total. The number of ether oxygens (including phenoxy) is 1. The maximum Gasteiger partial charge on any atom is 0.410 e. The minimum absolute atomic E-state index is 0.0498. The predicted octanol–water partition coefficient (Wildman–Crippen LogP) is 1.59. The van der Waals surface area contributed by atoms with Crippen LogP contribution in [-0.2, 0) is 9.53 Å². The lowest BCUT2D eigenvalue weighted by molar-refractivity contribution is -0.124. The van der Waals surface area contributed by atoms with Crippen molar-refractivity contribution in [1.29, 1.82) is 0 Å². The Balaban J connectivity index is 2.42. The summed E-state index contributed by atoms with van der Waals surface area (Å²) in [5, 5.41) is 0. The van der Waals surface area contributed by atoms with Crippen molar-refractivity contribution in [3.8, 4) is 0 Å². The SMILES string of the molecule is CC(C)(C)OC(=O)N1CCC(C(=O)NS)CC1. The van der Waals surface area contributed by atoms with Crippen molar-refractivity contribution >= 4 is 24.8 Å². The number of hydrogen-bond acceptors (Lipinski definition) is 4. The molecule has 98 valence electrons. The highest BCUT2D eigenvalue weighted by Crippen LogP contribution is 2.19. The lowest BCUT2D eigenvalue weighted by Gasteiger charge is -2.32. The van der Waals surface area contributed by atoms with Crippen LogP contribution in [0.1, 0.15) is 33.6 Å². The summed E-state index contributed by atoms with van der Waals surface area (Å²) in [6.45, 7) is 6.63. The van der Waals surface area contributed by atoms with E-state index in [0.717, 1.165) is 0 Å². The molecule has 17 heavy (non-hydrogen) atoms. The molecule has 0 unspecified atom stereocenters. The molecule has 1 rings (SSSR count). The van der Waals surface area contributed by atoms with Crippen molar-refractivity contribution < 1.29 is 14.3 Å². The van der Waals surface area contributed by atoms with Crippen LogP contribution in [0.25, 0.3) is 0 Å². The van der Waals surface area contributed by atoms with E-state index in [9.17, 15) is 9.59 Å². The molecule has 0 atom stereocenters. The van der Waals surface area contributed by atoms with Gasteiger partial charge in [0.15, 0.2) is 0 Å². The largest absolute Gasteiger partial charge is 0.444 e. The Bertz CT molecular complexity index is 294. The van der Waals surface area contributed by atoms with Crippen LogP contribution in [0, 0.1) is 5.92 Å². The fourth-order valence-electron chi connectivity index (χ4n) is 1.74. The van der Waals surface area contributed by atoms with E-state index in [1.165, 1.54) is 0 Å². The van der Waals surface area contributed by atoms with E-state index in [0.29, 0.717) is 25.9 Å². The minimum Gasteiger partial charge on any atom is -0.444 e. The molecule has 0 spiro atoms. The van der Waals surface area contributed by atoms with Gasteiger partial charge in [-0.05, 0) is 33.6 Å². The summed E-state index contributed by atoms with van der Waals surface area (Å²) in [4.78, 5) is 24.7. The van der Waals surface area contributed by atoms with Crippen molar-refractivity contribution in [2.24, 2.45) is 5.92 Å². The molecule has 6 heteroatoms. The van der Waals surface area contributed by atoms with Crippen molar-refractivity contribution in [3.63, 3.8) is 0 Å². The van der Waals surface area contributed by atoms with E-state index < -0.39 is 5.60 Å². The molecule has 2 amide bonds. The van der Waals surface area contributed by atoms with Gasteiger partial charge in [-0.25, -0.2) is 4.79 Å². The number of hydrogen-bond donors (Lipinski definition) is 2. The topological polar surface area (TPSA) is 58.6 Å². The van der Waals surface area contributed by atoms with Gasteiger partial charge >= 0.3 is 6.09 Å². The molecule has 0 aromatic carbocycles. The van der Waals surface area contributed by atoms with Crippen molar-refractivity contribution in [1.82, 2.24) is 9.62 Å². The van der Waals surface area contributed by atoms with Gasteiger partial charge in [-0.2, -0.15) is 0 Å². The van der Waals surface area contributed by atoms with Crippen LogP contribution < -0.4 is 4.72 Å². The summed E-state index contributed by atoms with van der Waals surface area (Å²) >= 11 is 3.74. The number of carbonyl (C=O) groups is 2. The highest BCUT2D eigenvalue weighted by molar-refractivity contribution is 7.78. The summed E-state index contributed by atoms with van der Waals surface area (Å²) in [6, 6.07) is 0. The molecule has 0 radical (unpaired) electrons. The van der Waals surface area contributed by atoms with Gasteiger partial charge in [0.05, 0.1) is 0 Å². The van der Waals surface area contributed by atoms with E-state index in [1.807, 2.05) is 20.8 Å². The quantitative estimate of drug-likeness (QED) is 0.704. The predicted molar refractivity (Wildman–Crippen MR) is 67.7 cm³/mol. The number of thiol groups is 1. The third-order valence-corrected chi connectivity index (χ3v) is 2.85. The maximum absolute atomic E-state index is 11.7. The molecule has 0 aromatic rings. The van der Waals surface area contributed by atoms with Crippen LogP contribution in [0.15, 0.2) is 0 Å². The highest BCUT2D eigenvalue weighted by Gasteiger charge is 2.29. The zero-order chi connectivity index (χ0) is 13.1. The fraction of sp³-hybridized carbons (Fsp3) is 0.818. The zero-order valence-electron chi connectivity index (χ0n) is 10.5. The van der Waals surface area contributed by atoms with Gasteiger partial charge in [-0.1, -0.05) is 12.8 Å². The lowest BCUT2D eigenvalue weighted by atomic mass is 9.97. The number of piperidine rings is 1. The molecule has 0 bridgehead atoms. The molecule has 0 aliphatic carbocycles. The van der Waals surface area contributed by atoms with Crippen LogP contribution >= 0.6 is 12.8 Å². The Morgan fingerprint density at radius 3 is 2.24 bits per heavy atom. The van der Waals surface area contributed by atoms with E-state index in [4.69, 9.17) is 4.74 Å². The third-order valence-electron chi connectivity index (χ3n) is 2.63. The van der Waals surface area contributed by atoms with Crippen LogP contribution in [0.4, 0.5) is 4.79 Å². The Morgan fingerprint density at radius 1 is 1.29 bits per heavy atom. The number of rotatable bonds is 1. The first-order valence-electron chi connectivity index (χ1n) is 5.75. The number of amides is 2. The summed E-state index contributed by atoms with van der Waals surface area (Å²) in [5.74, 6) is -0.122. The molecule has 1 aliphatic heterocycles. The van der Waals surface area contributed by atoms with E-state index in [2.05, 4.69) is 17.5 Å². The van der Waals surface area contributed by atoms with Gasteiger partial charge in [0.25, 0.3) is 0 Å². The number of likely N-dealkylation sites (tertiary alicyclic amines) is 1. The monoisotopic (exact) mass is 260 g/mol. The number of nitrogens with zero attached hydrogens (tertiary/aromatic N) is 1. The summed E-state index contributed by atoms with van der Waals surface area (Å²) in [7, 11) is 0. The first kappa shape index (κ1) is 14.2. The molecule has 1 saturated heterocycles. The Kier molecular flexibility index (Phi) is 4.68.